The van der Waals surface area contributed by atoms with Crippen molar-refractivity contribution in [2.45, 2.75) is 19.4 Å². The largest absolute Gasteiger partial charge is 0.467 e. The van der Waals surface area contributed by atoms with E-state index in [9.17, 15) is 4.79 Å². The molecule has 0 aliphatic heterocycles. The monoisotopic (exact) mass is 294 g/mol. The Morgan fingerprint density at radius 2 is 2.35 bits per heavy atom. The van der Waals surface area contributed by atoms with Crippen LogP contribution in [0.25, 0.3) is 5.69 Å². The van der Waals surface area contributed by atoms with Crippen molar-refractivity contribution in [3.63, 3.8) is 0 Å². The molecule has 20 heavy (non-hydrogen) atoms. The number of benzene rings is 1. The molecule has 106 valence electrons. The Morgan fingerprint density at radius 3 is 2.95 bits per heavy atom. The van der Waals surface area contributed by atoms with Crippen molar-refractivity contribution in [2.24, 2.45) is 0 Å². The molecule has 0 saturated carbocycles. The quantitative estimate of drug-likeness (QED) is 0.857. The van der Waals surface area contributed by atoms with Crippen molar-refractivity contribution >= 4 is 23.3 Å². The summed E-state index contributed by atoms with van der Waals surface area (Å²) in [6, 6.07) is 4.86. The van der Waals surface area contributed by atoms with Crippen LogP contribution in [0.4, 0.5) is 5.69 Å². The summed E-state index contributed by atoms with van der Waals surface area (Å²) in [5.41, 5.74) is 1.45. The fraction of sp³-hybridized carbons (Fsp3) is 0.308. The first-order valence-electron chi connectivity index (χ1n) is 6.14. The third-order valence-corrected chi connectivity index (χ3v) is 3.08. The van der Waals surface area contributed by atoms with Crippen molar-refractivity contribution < 1.29 is 9.53 Å². The Morgan fingerprint density at radius 1 is 1.55 bits per heavy atom. The van der Waals surface area contributed by atoms with Gasteiger partial charge in [-0.05, 0) is 24.6 Å². The van der Waals surface area contributed by atoms with Crippen LogP contribution in [0.2, 0.25) is 5.02 Å². The molecule has 2 rings (SSSR count). The number of carbonyl (C=O) groups is 1. The normalized spacial score (nSPS) is 11.9. The maximum absolute atomic E-state index is 11.7. The summed E-state index contributed by atoms with van der Waals surface area (Å²) in [5, 5.41) is 7.78. The van der Waals surface area contributed by atoms with Gasteiger partial charge < -0.3 is 10.1 Å². The number of methoxy groups -OCH3 is 1. The van der Waals surface area contributed by atoms with E-state index >= 15 is 0 Å². The molecule has 1 atom stereocenters. The minimum atomic E-state index is -0.444. The zero-order chi connectivity index (χ0) is 14.5. The molecule has 0 aliphatic rings. The molecule has 1 unspecified atom stereocenters. The van der Waals surface area contributed by atoms with Crippen molar-refractivity contribution in [3.05, 3.63) is 35.9 Å². The Labute approximate surface area is 121 Å². The van der Waals surface area contributed by atoms with E-state index in [4.69, 9.17) is 16.3 Å². The fourth-order valence-electron chi connectivity index (χ4n) is 1.81. The van der Waals surface area contributed by atoms with Gasteiger partial charge in [0.15, 0.2) is 0 Å². The SMILES string of the molecule is CCC(Nc1cc(Cl)ccc1-n1cncn1)C(=O)OC. The van der Waals surface area contributed by atoms with E-state index in [1.807, 2.05) is 13.0 Å². The second-order valence-corrected chi connectivity index (χ2v) is 4.57. The van der Waals surface area contributed by atoms with Gasteiger partial charge in [-0.25, -0.2) is 14.5 Å². The van der Waals surface area contributed by atoms with E-state index in [1.165, 1.54) is 13.4 Å². The minimum Gasteiger partial charge on any atom is -0.467 e. The molecule has 1 aromatic heterocycles. The lowest BCUT2D eigenvalue weighted by molar-refractivity contribution is -0.141. The van der Waals surface area contributed by atoms with Crippen molar-refractivity contribution in [1.29, 1.82) is 0 Å². The van der Waals surface area contributed by atoms with Gasteiger partial charge in [-0.15, -0.1) is 0 Å². The summed E-state index contributed by atoms with van der Waals surface area (Å²) in [6.07, 6.45) is 3.61. The van der Waals surface area contributed by atoms with Gasteiger partial charge in [-0.1, -0.05) is 18.5 Å². The lowest BCUT2D eigenvalue weighted by Crippen LogP contribution is -2.30. The first-order chi connectivity index (χ1) is 9.65. The Kier molecular flexibility index (Phi) is 4.57. The number of hydrogen-bond acceptors (Lipinski definition) is 5. The average Bonchev–Trinajstić information content (AvgIpc) is 2.98. The summed E-state index contributed by atoms with van der Waals surface area (Å²) in [4.78, 5) is 15.6. The van der Waals surface area contributed by atoms with E-state index in [-0.39, 0.29) is 5.97 Å². The number of carbonyl (C=O) groups excluding carboxylic acids is 1. The summed E-state index contributed by atoms with van der Waals surface area (Å²) < 4.78 is 6.37. The highest BCUT2D eigenvalue weighted by molar-refractivity contribution is 6.31. The Bertz CT molecular complexity index is 586. The van der Waals surface area contributed by atoms with Gasteiger partial charge >= 0.3 is 5.97 Å². The summed E-state index contributed by atoms with van der Waals surface area (Å²) >= 11 is 6.02. The van der Waals surface area contributed by atoms with E-state index in [0.29, 0.717) is 17.1 Å². The number of anilines is 1. The second kappa shape index (κ2) is 6.38. The Hall–Kier alpha value is -2.08. The standard InChI is InChI=1S/C13H15ClN4O2/c1-3-10(13(19)20-2)17-11-6-9(14)4-5-12(11)18-8-15-7-16-18/h4-8,10,17H,3H2,1-2H3. The summed E-state index contributed by atoms with van der Waals surface area (Å²) in [5.74, 6) is -0.322. The maximum Gasteiger partial charge on any atom is 0.328 e. The second-order valence-electron chi connectivity index (χ2n) is 4.13. The zero-order valence-corrected chi connectivity index (χ0v) is 12.0. The van der Waals surface area contributed by atoms with Crippen LogP contribution in [0.3, 0.4) is 0 Å². The smallest absolute Gasteiger partial charge is 0.328 e. The highest BCUT2D eigenvalue weighted by Crippen LogP contribution is 2.25. The van der Waals surface area contributed by atoms with E-state index in [2.05, 4.69) is 15.4 Å². The van der Waals surface area contributed by atoms with Gasteiger partial charge in [-0.3, -0.25) is 0 Å². The predicted molar refractivity (Wildman–Crippen MR) is 76.1 cm³/mol. The van der Waals surface area contributed by atoms with Crippen LogP contribution in [0, 0.1) is 0 Å². The van der Waals surface area contributed by atoms with Crippen molar-refractivity contribution in [2.75, 3.05) is 12.4 Å². The first-order valence-corrected chi connectivity index (χ1v) is 6.52. The molecule has 2 aromatic rings. The first kappa shape index (κ1) is 14.3. The maximum atomic E-state index is 11.7. The number of hydrogen-bond donors (Lipinski definition) is 1. The van der Waals surface area contributed by atoms with Crippen LogP contribution in [-0.2, 0) is 9.53 Å². The predicted octanol–water partition coefficient (Wildman–Crippen LogP) is 2.28. The van der Waals surface area contributed by atoms with Gasteiger partial charge in [0.1, 0.15) is 18.7 Å². The molecule has 0 bridgehead atoms. The van der Waals surface area contributed by atoms with Gasteiger partial charge in [0.25, 0.3) is 0 Å². The number of nitrogens with one attached hydrogen (secondary N) is 1. The molecule has 0 radical (unpaired) electrons. The molecule has 6 nitrogen and oxygen atoms in total. The van der Waals surface area contributed by atoms with Gasteiger partial charge in [0.2, 0.25) is 0 Å². The number of rotatable bonds is 5. The highest BCUT2D eigenvalue weighted by atomic mass is 35.5. The van der Waals surface area contributed by atoms with Crippen molar-refractivity contribution in [3.8, 4) is 5.69 Å². The number of halogens is 1. The third kappa shape index (κ3) is 3.08. The topological polar surface area (TPSA) is 69.0 Å². The van der Waals surface area contributed by atoms with Gasteiger partial charge in [-0.2, -0.15) is 5.10 Å². The van der Waals surface area contributed by atoms with Crippen LogP contribution < -0.4 is 5.32 Å². The number of nitrogens with zero attached hydrogens (tertiary/aromatic N) is 3. The average molecular weight is 295 g/mol. The molecule has 1 heterocycles. The summed E-state index contributed by atoms with van der Waals surface area (Å²) in [7, 11) is 1.36. The lowest BCUT2D eigenvalue weighted by Gasteiger charge is -2.18. The van der Waals surface area contributed by atoms with Crippen LogP contribution in [0.1, 0.15) is 13.3 Å². The molecule has 7 heteroatoms. The van der Waals surface area contributed by atoms with Crippen molar-refractivity contribution in [1.82, 2.24) is 14.8 Å². The molecular weight excluding hydrogens is 280 g/mol. The summed E-state index contributed by atoms with van der Waals surface area (Å²) in [6.45, 7) is 1.90. The number of esters is 1. The number of aromatic nitrogens is 3. The van der Waals surface area contributed by atoms with E-state index in [0.717, 1.165) is 5.69 Å². The van der Waals surface area contributed by atoms with Crippen LogP contribution >= 0.6 is 11.6 Å². The van der Waals surface area contributed by atoms with Gasteiger partial charge in [0, 0.05) is 5.02 Å². The molecule has 0 saturated heterocycles. The van der Waals surface area contributed by atoms with Gasteiger partial charge in [0.05, 0.1) is 18.5 Å². The van der Waals surface area contributed by atoms with Crippen LogP contribution in [-0.4, -0.2) is 33.9 Å². The van der Waals surface area contributed by atoms with Crippen LogP contribution in [0.5, 0.6) is 0 Å². The molecule has 1 aromatic carbocycles. The third-order valence-electron chi connectivity index (χ3n) is 2.85. The van der Waals surface area contributed by atoms with E-state index in [1.54, 1.807) is 23.1 Å². The number of ether oxygens (including phenoxy) is 1. The zero-order valence-electron chi connectivity index (χ0n) is 11.2. The fourth-order valence-corrected chi connectivity index (χ4v) is 1.99. The van der Waals surface area contributed by atoms with Crippen LogP contribution in [0.15, 0.2) is 30.9 Å². The molecule has 1 N–H and O–H groups in total. The highest BCUT2D eigenvalue weighted by Gasteiger charge is 2.18. The molecule has 0 aliphatic carbocycles. The molecular formula is C13H15ClN4O2. The molecule has 0 fully saturated rings. The Balaban J connectivity index is 2.35. The lowest BCUT2D eigenvalue weighted by atomic mass is 10.2. The van der Waals surface area contributed by atoms with E-state index < -0.39 is 6.04 Å². The molecule has 0 amide bonds. The molecule has 0 spiro atoms. The minimum absolute atomic E-state index is 0.322.